The fourth-order valence-corrected chi connectivity index (χ4v) is 2.08. The van der Waals surface area contributed by atoms with Gasteiger partial charge >= 0.3 is 5.97 Å². The number of aromatic nitrogens is 3. The number of halogens is 2. The van der Waals surface area contributed by atoms with E-state index in [4.69, 9.17) is 5.11 Å². The average molecular weight is 277 g/mol. The van der Waals surface area contributed by atoms with E-state index in [1.807, 2.05) is 0 Å². The van der Waals surface area contributed by atoms with Crippen LogP contribution in [-0.2, 0) is 7.05 Å². The molecular formula is C13H9F2N3O2. The zero-order chi connectivity index (χ0) is 14.4. The second kappa shape index (κ2) is 4.16. The number of aromatic carboxylic acids is 1. The van der Waals surface area contributed by atoms with Crippen LogP contribution in [0.2, 0.25) is 0 Å². The molecule has 0 aliphatic heterocycles. The standard InChI is InChI=1S/C13H9F2N3O2/c1-17-11(12(19)20)6-18-5-10(16-13(17)18)8-3-2-7(14)4-9(8)15/h2-6H,1H3,(H,19,20). The monoisotopic (exact) mass is 277 g/mol. The summed E-state index contributed by atoms with van der Waals surface area (Å²) in [4.78, 5) is 15.1. The first-order valence-electron chi connectivity index (χ1n) is 5.70. The van der Waals surface area contributed by atoms with Gasteiger partial charge in [0.05, 0.1) is 5.69 Å². The smallest absolute Gasteiger partial charge is 0.354 e. The lowest BCUT2D eigenvalue weighted by atomic mass is 10.1. The van der Waals surface area contributed by atoms with Crippen LogP contribution in [0.4, 0.5) is 8.78 Å². The van der Waals surface area contributed by atoms with E-state index in [0.717, 1.165) is 12.1 Å². The van der Waals surface area contributed by atoms with Gasteiger partial charge in [0.1, 0.15) is 17.3 Å². The van der Waals surface area contributed by atoms with Crippen molar-refractivity contribution in [1.82, 2.24) is 14.0 Å². The summed E-state index contributed by atoms with van der Waals surface area (Å²) >= 11 is 0. The number of rotatable bonds is 2. The van der Waals surface area contributed by atoms with Crippen LogP contribution in [0.15, 0.2) is 30.6 Å². The van der Waals surface area contributed by atoms with Crippen molar-refractivity contribution in [2.24, 2.45) is 7.05 Å². The number of hydrogen-bond donors (Lipinski definition) is 1. The fourth-order valence-electron chi connectivity index (χ4n) is 2.08. The molecule has 2 aromatic heterocycles. The van der Waals surface area contributed by atoms with Crippen LogP contribution in [-0.4, -0.2) is 25.0 Å². The van der Waals surface area contributed by atoms with Crippen LogP contribution >= 0.6 is 0 Å². The minimum absolute atomic E-state index is 0.0682. The molecule has 0 fully saturated rings. The molecule has 1 aromatic carbocycles. The van der Waals surface area contributed by atoms with E-state index in [1.54, 1.807) is 7.05 Å². The third-order valence-electron chi connectivity index (χ3n) is 3.06. The molecule has 0 atom stereocenters. The molecule has 0 unspecified atom stereocenters. The largest absolute Gasteiger partial charge is 0.477 e. The number of carbonyl (C=O) groups is 1. The van der Waals surface area contributed by atoms with Crippen molar-refractivity contribution in [2.75, 3.05) is 0 Å². The van der Waals surface area contributed by atoms with Gasteiger partial charge in [0.25, 0.3) is 0 Å². The lowest BCUT2D eigenvalue weighted by Crippen LogP contribution is -2.04. The zero-order valence-electron chi connectivity index (χ0n) is 10.3. The lowest BCUT2D eigenvalue weighted by Gasteiger charge is -1.99. The molecule has 5 nitrogen and oxygen atoms in total. The highest BCUT2D eigenvalue weighted by Crippen LogP contribution is 2.23. The zero-order valence-corrected chi connectivity index (χ0v) is 10.3. The number of carboxylic acid groups (broad SMARTS) is 1. The molecule has 0 bridgehead atoms. The summed E-state index contributed by atoms with van der Waals surface area (Å²) in [6.07, 6.45) is 2.88. The molecular weight excluding hydrogens is 268 g/mol. The summed E-state index contributed by atoms with van der Waals surface area (Å²) < 4.78 is 29.4. The van der Waals surface area contributed by atoms with Crippen molar-refractivity contribution in [3.05, 3.63) is 47.9 Å². The quantitative estimate of drug-likeness (QED) is 0.782. The van der Waals surface area contributed by atoms with Crippen molar-refractivity contribution in [3.8, 4) is 11.3 Å². The minimum atomic E-state index is -1.08. The molecule has 0 saturated carbocycles. The number of aryl methyl sites for hydroxylation is 1. The Balaban J connectivity index is 2.17. The van der Waals surface area contributed by atoms with Gasteiger partial charge in [0, 0.05) is 31.1 Å². The Hall–Kier alpha value is -2.70. The fraction of sp³-hybridized carbons (Fsp3) is 0.0769. The molecule has 102 valence electrons. The minimum Gasteiger partial charge on any atom is -0.477 e. The summed E-state index contributed by atoms with van der Waals surface area (Å²) in [5.41, 5.74) is 0.538. The van der Waals surface area contributed by atoms with Gasteiger partial charge < -0.3 is 9.67 Å². The van der Waals surface area contributed by atoms with Crippen LogP contribution in [0, 0.1) is 11.6 Å². The molecule has 0 amide bonds. The molecule has 3 rings (SSSR count). The Kier molecular flexibility index (Phi) is 2.56. The highest BCUT2D eigenvalue weighted by Gasteiger charge is 2.16. The summed E-state index contributed by atoms with van der Waals surface area (Å²) in [6, 6.07) is 3.22. The van der Waals surface area contributed by atoms with Gasteiger partial charge in [0.2, 0.25) is 5.78 Å². The maximum Gasteiger partial charge on any atom is 0.354 e. The van der Waals surface area contributed by atoms with Gasteiger partial charge in [0.15, 0.2) is 0 Å². The number of hydrogen-bond acceptors (Lipinski definition) is 2. The molecule has 0 saturated heterocycles. The van der Waals surface area contributed by atoms with E-state index in [2.05, 4.69) is 4.98 Å². The first kappa shape index (κ1) is 12.3. The highest BCUT2D eigenvalue weighted by atomic mass is 19.1. The maximum absolute atomic E-state index is 13.7. The first-order valence-corrected chi connectivity index (χ1v) is 5.70. The van der Waals surface area contributed by atoms with Crippen molar-refractivity contribution in [3.63, 3.8) is 0 Å². The number of carboxylic acids is 1. The molecule has 0 aliphatic carbocycles. The molecule has 0 aliphatic rings. The Bertz CT molecular complexity index is 836. The van der Waals surface area contributed by atoms with Gasteiger partial charge in [-0.2, -0.15) is 0 Å². The number of benzene rings is 1. The van der Waals surface area contributed by atoms with Gasteiger partial charge in [-0.05, 0) is 12.1 Å². The first-order chi connectivity index (χ1) is 9.47. The van der Waals surface area contributed by atoms with Gasteiger partial charge in [-0.3, -0.25) is 4.40 Å². The van der Waals surface area contributed by atoms with Crippen LogP contribution in [0.5, 0.6) is 0 Å². The molecule has 3 aromatic rings. The van der Waals surface area contributed by atoms with Crippen molar-refractivity contribution >= 4 is 11.7 Å². The van der Waals surface area contributed by atoms with E-state index in [1.165, 1.54) is 27.4 Å². The third kappa shape index (κ3) is 1.75. The third-order valence-corrected chi connectivity index (χ3v) is 3.06. The molecule has 0 spiro atoms. The summed E-state index contributed by atoms with van der Waals surface area (Å²) in [5.74, 6) is -2.09. The second-order valence-electron chi connectivity index (χ2n) is 4.34. The predicted octanol–water partition coefficient (Wildman–Crippen LogP) is 2.32. The van der Waals surface area contributed by atoms with E-state index < -0.39 is 17.6 Å². The maximum atomic E-state index is 13.7. The van der Waals surface area contributed by atoms with Crippen molar-refractivity contribution < 1.29 is 18.7 Å². The van der Waals surface area contributed by atoms with Crippen LogP contribution in [0.25, 0.3) is 17.0 Å². The SMILES string of the molecule is Cn1c(C(=O)O)cn2cc(-c3ccc(F)cc3F)nc12. The van der Waals surface area contributed by atoms with Crippen LogP contribution in [0.1, 0.15) is 10.5 Å². The molecule has 2 heterocycles. The average Bonchev–Trinajstić information content (AvgIpc) is 2.89. The summed E-state index contributed by atoms with van der Waals surface area (Å²) in [5, 5.41) is 8.98. The Morgan fingerprint density at radius 1 is 1.30 bits per heavy atom. The Labute approximate surface area is 111 Å². The second-order valence-corrected chi connectivity index (χ2v) is 4.34. The van der Waals surface area contributed by atoms with Crippen molar-refractivity contribution in [1.29, 1.82) is 0 Å². The highest BCUT2D eigenvalue weighted by molar-refractivity contribution is 5.86. The number of imidazole rings is 2. The Morgan fingerprint density at radius 3 is 2.65 bits per heavy atom. The summed E-state index contributed by atoms with van der Waals surface area (Å²) in [6.45, 7) is 0. The molecule has 0 radical (unpaired) electrons. The van der Waals surface area contributed by atoms with E-state index in [0.29, 0.717) is 11.5 Å². The van der Waals surface area contributed by atoms with Gasteiger partial charge in [-0.25, -0.2) is 18.6 Å². The molecule has 20 heavy (non-hydrogen) atoms. The normalized spacial score (nSPS) is 11.2. The van der Waals surface area contributed by atoms with Crippen LogP contribution < -0.4 is 0 Å². The topological polar surface area (TPSA) is 59.5 Å². The molecule has 7 heteroatoms. The van der Waals surface area contributed by atoms with E-state index in [-0.39, 0.29) is 11.3 Å². The van der Waals surface area contributed by atoms with Gasteiger partial charge in [-0.15, -0.1) is 0 Å². The van der Waals surface area contributed by atoms with Gasteiger partial charge in [-0.1, -0.05) is 0 Å². The van der Waals surface area contributed by atoms with E-state index in [9.17, 15) is 13.6 Å². The lowest BCUT2D eigenvalue weighted by molar-refractivity contribution is 0.0686. The van der Waals surface area contributed by atoms with E-state index >= 15 is 0 Å². The summed E-state index contributed by atoms with van der Waals surface area (Å²) in [7, 11) is 1.55. The van der Waals surface area contributed by atoms with Crippen molar-refractivity contribution in [2.45, 2.75) is 0 Å². The molecule has 1 N–H and O–H groups in total. The predicted molar refractivity (Wildman–Crippen MR) is 66.5 cm³/mol. The number of nitrogens with zero attached hydrogens (tertiary/aromatic N) is 3. The number of fused-ring (bicyclic) bond motifs is 1. The Morgan fingerprint density at radius 2 is 2.05 bits per heavy atom. The van der Waals surface area contributed by atoms with Crippen LogP contribution in [0.3, 0.4) is 0 Å².